The molecule has 3 atom stereocenters. The monoisotopic (exact) mass is 394 g/mol. The van der Waals surface area contributed by atoms with E-state index >= 15 is 0 Å². The van der Waals surface area contributed by atoms with Crippen LogP contribution in [0.1, 0.15) is 36.5 Å². The van der Waals surface area contributed by atoms with Crippen LogP contribution in [0.2, 0.25) is 0 Å². The molecular formula is C23H22O6. The molecule has 2 aromatic carbocycles. The van der Waals surface area contributed by atoms with Crippen molar-refractivity contribution in [1.82, 2.24) is 0 Å². The Bertz CT molecular complexity index is 1130. The minimum absolute atomic E-state index is 0.0211. The van der Waals surface area contributed by atoms with E-state index in [4.69, 9.17) is 9.15 Å². The van der Waals surface area contributed by atoms with Gasteiger partial charge in [0.05, 0.1) is 23.7 Å². The van der Waals surface area contributed by atoms with Crippen molar-refractivity contribution in [2.45, 2.75) is 31.8 Å². The molecule has 0 fully saturated rings. The van der Waals surface area contributed by atoms with Gasteiger partial charge in [0, 0.05) is 23.8 Å². The lowest BCUT2D eigenvalue weighted by Gasteiger charge is -2.42. The number of phenolic OH excluding ortho intramolecular Hbond substituents is 1. The predicted octanol–water partition coefficient (Wildman–Crippen LogP) is 3.12. The van der Waals surface area contributed by atoms with Crippen LogP contribution in [0.15, 0.2) is 57.7 Å². The Morgan fingerprint density at radius 2 is 1.97 bits per heavy atom. The third-order valence-electron chi connectivity index (χ3n) is 5.59. The summed E-state index contributed by atoms with van der Waals surface area (Å²) in [6, 6.07) is 13.7. The molecule has 1 aliphatic carbocycles. The molecule has 150 valence electrons. The van der Waals surface area contributed by atoms with Gasteiger partial charge in [-0.05, 0) is 37.1 Å². The molecule has 4 rings (SSSR count). The molecule has 6 nitrogen and oxygen atoms in total. The van der Waals surface area contributed by atoms with Gasteiger partial charge >= 0.3 is 11.6 Å². The molecule has 0 bridgehead atoms. The normalized spacial score (nSPS) is 23.6. The highest BCUT2D eigenvalue weighted by Gasteiger charge is 2.51. The van der Waals surface area contributed by atoms with Crippen molar-refractivity contribution in [3.05, 3.63) is 75.6 Å². The van der Waals surface area contributed by atoms with Crippen LogP contribution in [-0.2, 0) is 16.0 Å². The Hall–Kier alpha value is -3.12. The molecular weight excluding hydrogens is 372 g/mol. The summed E-state index contributed by atoms with van der Waals surface area (Å²) in [7, 11) is 0. The molecule has 1 aliphatic rings. The lowest BCUT2D eigenvalue weighted by molar-refractivity contribution is -0.159. The number of carbonyl (C=O) groups excluding carboxylic acids is 1. The molecule has 0 aliphatic heterocycles. The van der Waals surface area contributed by atoms with Gasteiger partial charge in [-0.1, -0.05) is 30.3 Å². The number of carbonyl (C=O) groups is 1. The number of aliphatic hydroxyl groups is 1. The molecule has 3 aromatic rings. The highest BCUT2D eigenvalue weighted by Crippen LogP contribution is 2.46. The van der Waals surface area contributed by atoms with Crippen LogP contribution < -0.4 is 5.63 Å². The van der Waals surface area contributed by atoms with Crippen LogP contribution in [-0.4, -0.2) is 28.4 Å². The van der Waals surface area contributed by atoms with Gasteiger partial charge in [0.15, 0.2) is 0 Å². The maximum atomic E-state index is 13.0. The third-order valence-corrected chi connectivity index (χ3v) is 5.59. The fourth-order valence-electron chi connectivity index (χ4n) is 4.41. The van der Waals surface area contributed by atoms with Gasteiger partial charge in [-0.15, -0.1) is 0 Å². The number of hydrogen-bond acceptors (Lipinski definition) is 6. The highest BCUT2D eigenvalue weighted by atomic mass is 16.5. The predicted molar refractivity (Wildman–Crippen MR) is 107 cm³/mol. The van der Waals surface area contributed by atoms with Crippen molar-refractivity contribution in [1.29, 1.82) is 0 Å². The number of fused-ring (bicyclic) bond motifs is 3. The first-order valence-electron chi connectivity index (χ1n) is 9.56. The second kappa shape index (κ2) is 7.04. The van der Waals surface area contributed by atoms with Gasteiger partial charge in [0.1, 0.15) is 11.3 Å². The van der Waals surface area contributed by atoms with Gasteiger partial charge in [0.2, 0.25) is 0 Å². The first-order chi connectivity index (χ1) is 13.8. The Kier molecular flexibility index (Phi) is 4.67. The molecule has 3 unspecified atom stereocenters. The van der Waals surface area contributed by atoms with E-state index in [0.717, 1.165) is 5.56 Å². The van der Waals surface area contributed by atoms with Crippen LogP contribution >= 0.6 is 0 Å². The summed E-state index contributed by atoms with van der Waals surface area (Å²) in [5, 5.41) is 21.7. The third kappa shape index (κ3) is 3.19. The van der Waals surface area contributed by atoms with Gasteiger partial charge in [-0.25, -0.2) is 4.79 Å². The van der Waals surface area contributed by atoms with Crippen molar-refractivity contribution in [2.75, 3.05) is 6.61 Å². The number of phenols is 1. The van der Waals surface area contributed by atoms with Crippen LogP contribution in [0.4, 0.5) is 0 Å². The van der Waals surface area contributed by atoms with Crippen molar-refractivity contribution in [3.63, 3.8) is 0 Å². The molecule has 2 N–H and O–H groups in total. The second-order valence-electron chi connectivity index (χ2n) is 7.61. The minimum atomic E-state index is -1.45. The number of benzene rings is 2. The van der Waals surface area contributed by atoms with E-state index in [0.29, 0.717) is 16.5 Å². The summed E-state index contributed by atoms with van der Waals surface area (Å²) in [6.07, 6.45) is 0.0853. The van der Waals surface area contributed by atoms with Crippen molar-refractivity contribution in [2.24, 2.45) is 5.92 Å². The largest absolute Gasteiger partial charge is 0.508 e. The molecule has 6 heteroatoms. The average molecular weight is 394 g/mol. The van der Waals surface area contributed by atoms with E-state index in [9.17, 15) is 19.8 Å². The molecule has 0 spiro atoms. The molecule has 1 aromatic heterocycles. The Morgan fingerprint density at radius 3 is 2.66 bits per heavy atom. The highest BCUT2D eigenvalue weighted by molar-refractivity contribution is 5.85. The van der Waals surface area contributed by atoms with Crippen molar-refractivity contribution < 1.29 is 24.2 Å². The Balaban J connectivity index is 2.05. The smallest absolute Gasteiger partial charge is 0.340 e. The summed E-state index contributed by atoms with van der Waals surface area (Å²) in [6.45, 7) is 3.47. The lowest BCUT2D eigenvalue weighted by atomic mass is 9.64. The van der Waals surface area contributed by atoms with Gasteiger partial charge in [-0.2, -0.15) is 0 Å². The minimum Gasteiger partial charge on any atom is -0.508 e. The van der Waals surface area contributed by atoms with Crippen LogP contribution in [0.3, 0.4) is 0 Å². The van der Waals surface area contributed by atoms with E-state index < -0.39 is 29.0 Å². The first kappa shape index (κ1) is 19.2. The van der Waals surface area contributed by atoms with E-state index in [1.807, 2.05) is 30.3 Å². The Morgan fingerprint density at radius 1 is 1.24 bits per heavy atom. The number of hydrogen-bond donors (Lipinski definition) is 2. The summed E-state index contributed by atoms with van der Waals surface area (Å²) in [4.78, 5) is 25.9. The molecule has 0 amide bonds. The quantitative estimate of drug-likeness (QED) is 0.523. The Labute approximate surface area is 167 Å². The summed E-state index contributed by atoms with van der Waals surface area (Å²) < 4.78 is 10.8. The number of ether oxygens (including phenoxy) is 1. The van der Waals surface area contributed by atoms with Crippen LogP contribution in [0.5, 0.6) is 5.75 Å². The summed E-state index contributed by atoms with van der Waals surface area (Å²) >= 11 is 0. The standard InChI is InChI=1S/C23H22O6/c1-3-28-22(26)20-18(13-7-5-4-6-8-13)19-16(12-23(20,2)27)15-10-9-14(24)11-17(15)29-21(19)25/h4-11,18,20,24,27H,3,12H2,1-2H3. The zero-order valence-corrected chi connectivity index (χ0v) is 16.2. The summed E-state index contributed by atoms with van der Waals surface area (Å²) in [5.41, 5.74) is -0.104. The summed E-state index contributed by atoms with van der Waals surface area (Å²) in [5.74, 6) is -2.26. The molecule has 1 heterocycles. The van der Waals surface area contributed by atoms with Crippen molar-refractivity contribution in [3.8, 4) is 5.75 Å². The maximum absolute atomic E-state index is 13.0. The lowest BCUT2D eigenvalue weighted by Crippen LogP contribution is -2.50. The van der Waals surface area contributed by atoms with Gasteiger partial charge < -0.3 is 19.4 Å². The van der Waals surface area contributed by atoms with Crippen LogP contribution in [0, 0.1) is 5.92 Å². The SMILES string of the molecule is CCOC(=O)C1C(c2ccccc2)c2c(c3ccc(O)cc3oc2=O)CC1(C)O. The van der Waals surface area contributed by atoms with Crippen LogP contribution in [0.25, 0.3) is 11.0 Å². The molecule has 0 radical (unpaired) electrons. The topological polar surface area (TPSA) is 97.0 Å². The average Bonchev–Trinajstić information content (AvgIpc) is 2.67. The zero-order valence-electron chi connectivity index (χ0n) is 16.2. The maximum Gasteiger partial charge on any atom is 0.340 e. The molecule has 0 saturated heterocycles. The fourth-order valence-corrected chi connectivity index (χ4v) is 4.41. The van der Waals surface area contributed by atoms with E-state index in [1.54, 1.807) is 19.9 Å². The number of esters is 1. The van der Waals surface area contributed by atoms with E-state index in [1.165, 1.54) is 12.1 Å². The number of aromatic hydroxyl groups is 1. The zero-order chi connectivity index (χ0) is 20.8. The van der Waals surface area contributed by atoms with E-state index in [-0.39, 0.29) is 24.4 Å². The van der Waals surface area contributed by atoms with E-state index in [2.05, 4.69) is 0 Å². The van der Waals surface area contributed by atoms with Gasteiger partial charge in [0.25, 0.3) is 0 Å². The molecule has 29 heavy (non-hydrogen) atoms. The van der Waals surface area contributed by atoms with Gasteiger partial charge in [-0.3, -0.25) is 4.79 Å². The van der Waals surface area contributed by atoms with Crippen molar-refractivity contribution >= 4 is 16.9 Å². The first-order valence-corrected chi connectivity index (χ1v) is 9.56. The molecule has 0 saturated carbocycles. The fraction of sp³-hybridized carbons (Fsp3) is 0.304. The number of rotatable bonds is 3. The second-order valence-corrected chi connectivity index (χ2v) is 7.61.